The molecule has 0 unspecified atom stereocenters. The maximum absolute atomic E-state index is 12.8. The predicted octanol–water partition coefficient (Wildman–Crippen LogP) is 3.97. The number of para-hydroxylation sites is 1. The number of amides is 1. The normalized spacial score (nSPS) is 17.0. The fraction of sp³-hybridized carbons (Fsp3) is 0.360. The summed E-state index contributed by atoms with van der Waals surface area (Å²) < 4.78 is 1.80. The molecule has 1 saturated carbocycles. The number of piperazine rings is 1. The summed E-state index contributed by atoms with van der Waals surface area (Å²) in [7, 11) is 0. The number of hydrogen-bond acceptors (Lipinski definition) is 4. The first-order valence-corrected chi connectivity index (χ1v) is 11.2. The van der Waals surface area contributed by atoms with Crippen LogP contribution in [-0.2, 0) is 0 Å². The highest BCUT2D eigenvalue weighted by atomic mass is 16.2. The number of rotatable bonds is 6. The smallest absolute Gasteiger partial charge is 0.276 e. The molecule has 1 saturated heterocycles. The van der Waals surface area contributed by atoms with Crippen molar-refractivity contribution in [3.63, 3.8) is 0 Å². The van der Waals surface area contributed by atoms with Gasteiger partial charge in [0.1, 0.15) is 0 Å². The molecule has 5 rings (SSSR count). The van der Waals surface area contributed by atoms with Crippen molar-refractivity contribution in [2.24, 2.45) is 5.92 Å². The number of nitrogens with one attached hydrogen (secondary N) is 1. The van der Waals surface area contributed by atoms with E-state index in [0.29, 0.717) is 5.69 Å². The van der Waals surface area contributed by atoms with Crippen molar-refractivity contribution in [2.45, 2.75) is 19.8 Å². The fourth-order valence-electron chi connectivity index (χ4n) is 4.25. The summed E-state index contributed by atoms with van der Waals surface area (Å²) in [5.74, 6) is 0.753. The Morgan fingerprint density at radius 1 is 0.968 bits per heavy atom. The van der Waals surface area contributed by atoms with Crippen molar-refractivity contribution in [3.8, 4) is 5.69 Å². The largest absolute Gasteiger partial charge is 0.369 e. The van der Waals surface area contributed by atoms with Crippen LogP contribution in [0.1, 0.15) is 29.0 Å². The van der Waals surface area contributed by atoms with Crippen LogP contribution in [0.3, 0.4) is 0 Å². The summed E-state index contributed by atoms with van der Waals surface area (Å²) in [5, 5.41) is 7.54. The number of benzene rings is 2. The van der Waals surface area contributed by atoms with Crippen LogP contribution in [0.25, 0.3) is 5.69 Å². The van der Waals surface area contributed by atoms with E-state index in [0.717, 1.165) is 54.9 Å². The molecular formula is C25H29N5O. The molecule has 1 amide bonds. The van der Waals surface area contributed by atoms with E-state index in [-0.39, 0.29) is 5.91 Å². The molecule has 1 N–H and O–H groups in total. The van der Waals surface area contributed by atoms with Gasteiger partial charge >= 0.3 is 0 Å². The number of carbonyl (C=O) groups is 1. The SMILES string of the molecule is Cc1cc(C(=O)Nc2cccc(N3CCN(CC4CC4)CC3)c2)nn1-c1ccccc1. The summed E-state index contributed by atoms with van der Waals surface area (Å²) in [6, 6.07) is 19.8. The first-order valence-electron chi connectivity index (χ1n) is 11.2. The molecule has 1 aliphatic heterocycles. The molecule has 160 valence electrons. The van der Waals surface area contributed by atoms with Gasteiger partial charge in [-0.3, -0.25) is 9.69 Å². The van der Waals surface area contributed by atoms with Crippen molar-refractivity contribution in [2.75, 3.05) is 42.9 Å². The Bertz CT molecular complexity index is 1050. The van der Waals surface area contributed by atoms with Crippen LogP contribution in [0, 0.1) is 12.8 Å². The Kier molecular flexibility index (Phi) is 5.47. The van der Waals surface area contributed by atoms with Crippen LogP contribution >= 0.6 is 0 Å². The number of aryl methyl sites for hydroxylation is 1. The summed E-state index contributed by atoms with van der Waals surface area (Å²) in [4.78, 5) is 17.8. The Morgan fingerprint density at radius 2 is 1.71 bits per heavy atom. The lowest BCUT2D eigenvalue weighted by molar-refractivity contribution is 0.102. The van der Waals surface area contributed by atoms with Crippen molar-refractivity contribution in [1.29, 1.82) is 0 Å². The van der Waals surface area contributed by atoms with E-state index in [1.54, 1.807) is 4.68 Å². The molecule has 0 radical (unpaired) electrons. The van der Waals surface area contributed by atoms with Gasteiger partial charge in [0.05, 0.1) is 5.69 Å². The molecule has 6 heteroatoms. The maximum atomic E-state index is 12.8. The number of anilines is 2. The molecule has 6 nitrogen and oxygen atoms in total. The molecule has 31 heavy (non-hydrogen) atoms. The average molecular weight is 416 g/mol. The highest BCUT2D eigenvalue weighted by Crippen LogP contribution is 2.30. The third-order valence-corrected chi connectivity index (χ3v) is 6.18. The van der Waals surface area contributed by atoms with Crippen molar-refractivity contribution < 1.29 is 4.79 Å². The van der Waals surface area contributed by atoms with E-state index >= 15 is 0 Å². The molecule has 0 spiro atoms. The second-order valence-corrected chi connectivity index (χ2v) is 8.65. The van der Waals surface area contributed by atoms with E-state index in [1.165, 1.54) is 19.4 Å². The van der Waals surface area contributed by atoms with Gasteiger partial charge < -0.3 is 10.2 Å². The van der Waals surface area contributed by atoms with E-state index < -0.39 is 0 Å². The zero-order chi connectivity index (χ0) is 21.2. The number of hydrogen-bond donors (Lipinski definition) is 1. The first kappa shape index (κ1) is 19.8. The highest BCUT2D eigenvalue weighted by Gasteiger charge is 2.26. The minimum Gasteiger partial charge on any atom is -0.369 e. The topological polar surface area (TPSA) is 53.4 Å². The fourth-order valence-corrected chi connectivity index (χ4v) is 4.25. The molecular weight excluding hydrogens is 386 g/mol. The van der Waals surface area contributed by atoms with Gasteiger partial charge in [0, 0.05) is 49.8 Å². The Hall–Kier alpha value is -3.12. The number of nitrogens with zero attached hydrogens (tertiary/aromatic N) is 4. The van der Waals surface area contributed by atoms with Gasteiger partial charge in [-0.15, -0.1) is 0 Å². The summed E-state index contributed by atoms with van der Waals surface area (Å²) in [5.41, 5.74) is 4.25. The van der Waals surface area contributed by atoms with Crippen molar-refractivity contribution in [1.82, 2.24) is 14.7 Å². The molecule has 1 aliphatic carbocycles. The van der Waals surface area contributed by atoms with Crippen LogP contribution in [0.15, 0.2) is 60.7 Å². The second-order valence-electron chi connectivity index (χ2n) is 8.65. The lowest BCUT2D eigenvalue weighted by atomic mass is 10.2. The molecule has 1 aromatic heterocycles. The van der Waals surface area contributed by atoms with Crippen LogP contribution in [0.4, 0.5) is 11.4 Å². The van der Waals surface area contributed by atoms with Gasteiger partial charge in [0.2, 0.25) is 0 Å². The predicted molar refractivity (Wildman–Crippen MR) is 124 cm³/mol. The third kappa shape index (κ3) is 4.64. The molecule has 2 fully saturated rings. The van der Waals surface area contributed by atoms with Crippen LogP contribution in [0.5, 0.6) is 0 Å². The van der Waals surface area contributed by atoms with Gasteiger partial charge in [-0.05, 0) is 62.1 Å². The van der Waals surface area contributed by atoms with Gasteiger partial charge in [-0.25, -0.2) is 4.68 Å². The summed E-state index contributed by atoms with van der Waals surface area (Å²) in [6.45, 7) is 7.52. The van der Waals surface area contributed by atoms with E-state index in [2.05, 4.69) is 32.3 Å². The van der Waals surface area contributed by atoms with Gasteiger partial charge in [0.25, 0.3) is 5.91 Å². The monoisotopic (exact) mass is 415 g/mol. The first-order chi connectivity index (χ1) is 15.2. The minimum absolute atomic E-state index is 0.191. The number of aromatic nitrogens is 2. The standard InChI is InChI=1S/C25H29N5O/c1-19-16-24(27-30(19)22-7-3-2-4-8-22)25(31)26-21-6-5-9-23(17-21)29-14-12-28(13-15-29)18-20-10-11-20/h2-9,16-17,20H,10-15,18H2,1H3,(H,26,31). The van der Waals surface area contributed by atoms with E-state index in [4.69, 9.17) is 0 Å². The molecule has 2 heterocycles. The minimum atomic E-state index is -0.191. The van der Waals surface area contributed by atoms with Crippen LogP contribution < -0.4 is 10.2 Å². The molecule has 2 aromatic carbocycles. The Balaban J connectivity index is 1.24. The maximum Gasteiger partial charge on any atom is 0.276 e. The van der Waals surface area contributed by atoms with Crippen LogP contribution in [0.2, 0.25) is 0 Å². The van der Waals surface area contributed by atoms with Crippen molar-refractivity contribution in [3.05, 3.63) is 72.1 Å². The Morgan fingerprint density at radius 3 is 2.45 bits per heavy atom. The second kappa shape index (κ2) is 8.55. The quantitative estimate of drug-likeness (QED) is 0.662. The summed E-state index contributed by atoms with van der Waals surface area (Å²) in [6.07, 6.45) is 2.82. The van der Waals surface area contributed by atoms with E-state index in [9.17, 15) is 4.79 Å². The van der Waals surface area contributed by atoms with Gasteiger partial charge in [0.15, 0.2) is 5.69 Å². The zero-order valence-corrected chi connectivity index (χ0v) is 18.0. The lowest BCUT2D eigenvalue weighted by Crippen LogP contribution is -2.47. The zero-order valence-electron chi connectivity index (χ0n) is 18.0. The Labute approximate surface area is 183 Å². The average Bonchev–Trinajstić information content (AvgIpc) is 3.53. The summed E-state index contributed by atoms with van der Waals surface area (Å²) >= 11 is 0. The molecule has 3 aromatic rings. The molecule has 2 aliphatic rings. The van der Waals surface area contributed by atoms with Gasteiger partial charge in [-0.1, -0.05) is 24.3 Å². The van der Waals surface area contributed by atoms with Crippen LogP contribution in [-0.4, -0.2) is 53.3 Å². The highest BCUT2D eigenvalue weighted by molar-refractivity contribution is 6.03. The van der Waals surface area contributed by atoms with Gasteiger partial charge in [-0.2, -0.15) is 5.10 Å². The lowest BCUT2D eigenvalue weighted by Gasteiger charge is -2.36. The van der Waals surface area contributed by atoms with Crippen molar-refractivity contribution >= 4 is 17.3 Å². The number of carbonyl (C=O) groups excluding carboxylic acids is 1. The third-order valence-electron chi connectivity index (χ3n) is 6.18. The molecule has 0 bridgehead atoms. The van der Waals surface area contributed by atoms with E-state index in [1.807, 2.05) is 55.5 Å². The molecule has 0 atom stereocenters.